The van der Waals surface area contributed by atoms with E-state index >= 15 is 0 Å². The van der Waals surface area contributed by atoms with Crippen molar-refractivity contribution in [2.45, 2.75) is 19.2 Å². The number of carbonyl (C=O) groups is 2. The second-order valence-corrected chi connectivity index (χ2v) is 6.20. The molecule has 0 aliphatic rings. The van der Waals surface area contributed by atoms with Crippen molar-refractivity contribution in [2.24, 2.45) is 0 Å². The van der Waals surface area contributed by atoms with Gasteiger partial charge in [-0.05, 0) is 42.5 Å². The number of halogens is 4. The predicted molar refractivity (Wildman–Crippen MR) is 91.5 cm³/mol. The molecule has 0 aromatic heterocycles. The predicted octanol–water partition coefficient (Wildman–Crippen LogP) is 4.74. The van der Waals surface area contributed by atoms with Gasteiger partial charge in [-0.1, -0.05) is 15.9 Å². The summed E-state index contributed by atoms with van der Waals surface area (Å²) >= 11 is 3.24. The molecule has 0 atom stereocenters. The van der Waals surface area contributed by atoms with Gasteiger partial charge in [0.2, 0.25) is 5.78 Å². The molecule has 0 saturated heterocycles. The molecule has 2 aromatic rings. The van der Waals surface area contributed by atoms with Crippen molar-refractivity contribution in [3.63, 3.8) is 0 Å². The molecule has 0 radical (unpaired) electrons. The third-order valence-corrected chi connectivity index (χ3v) is 3.95. The van der Waals surface area contributed by atoms with E-state index in [4.69, 9.17) is 9.47 Å². The van der Waals surface area contributed by atoms with E-state index in [0.717, 1.165) is 0 Å². The van der Waals surface area contributed by atoms with Gasteiger partial charge in [0.1, 0.15) is 18.1 Å². The highest BCUT2D eigenvalue weighted by Gasteiger charge is 2.39. The largest absolute Gasteiger partial charge is 0.497 e. The van der Waals surface area contributed by atoms with Crippen molar-refractivity contribution in [1.82, 2.24) is 0 Å². The molecule has 0 heterocycles. The minimum atomic E-state index is -5.04. The lowest BCUT2D eigenvalue weighted by atomic mass is 10.0. The van der Waals surface area contributed by atoms with Crippen LogP contribution in [0.2, 0.25) is 0 Å². The van der Waals surface area contributed by atoms with E-state index in [-0.39, 0.29) is 12.2 Å². The van der Waals surface area contributed by atoms with E-state index in [0.29, 0.717) is 21.5 Å². The zero-order chi connectivity index (χ0) is 19.3. The molecule has 0 N–H and O–H groups in total. The molecule has 0 unspecified atom stereocenters. The number of ketones is 2. The van der Waals surface area contributed by atoms with Crippen LogP contribution in [0.15, 0.2) is 46.9 Å². The fourth-order valence-electron chi connectivity index (χ4n) is 2.13. The highest BCUT2D eigenvalue weighted by atomic mass is 79.9. The van der Waals surface area contributed by atoms with Crippen LogP contribution < -0.4 is 9.47 Å². The van der Waals surface area contributed by atoms with Crippen molar-refractivity contribution in [3.8, 4) is 11.5 Å². The van der Waals surface area contributed by atoms with Crippen LogP contribution in [-0.2, 0) is 11.4 Å². The first-order chi connectivity index (χ1) is 12.2. The molecule has 0 saturated carbocycles. The lowest BCUT2D eigenvalue weighted by molar-refractivity contribution is -0.170. The van der Waals surface area contributed by atoms with Crippen LogP contribution in [0.5, 0.6) is 11.5 Å². The summed E-state index contributed by atoms with van der Waals surface area (Å²) in [5, 5.41) is 0. The van der Waals surface area contributed by atoms with Crippen LogP contribution in [0.1, 0.15) is 22.3 Å². The summed E-state index contributed by atoms with van der Waals surface area (Å²) in [5.41, 5.74) is 0.384. The Labute approximate surface area is 156 Å². The lowest BCUT2D eigenvalue weighted by Gasteiger charge is -2.12. The second-order valence-electron chi connectivity index (χ2n) is 5.29. The van der Waals surface area contributed by atoms with Crippen LogP contribution in [-0.4, -0.2) is 24.9 Å². The molecule has 138 valence electrons. The van der Waals surface area contributed by atoms with Gasteiger partial charge in [0.25, 0.3) is 0 Å². The Morgan fingerprint density at radius 3 is 2.23 bits per heavy atom. The van der Waals surface area contributed by atoms with E-state index in [1.165, 1.54) is 19.2 Å². The molecule has 0 spiro atoms. The second kappa shape index (κ2) is 8.35. The number of ether oxygens (including phenoxy) is 2. The summed E-state index contributed by atoms with van der Waals surface area (Å²) in [5.74, 6) is -1.85. The maximum atomic E-state index is 12.4. The van der Waals surface area contributed by atoms with Crippen molar-refractivity contribution in [3.05, 3.63) is 58.1 Å². The Bertz CT molecular complexity index is 801. The normalized spacial score (nSPS) is 11.1. The molecule has 8 heteroatoms. The number of hydrogen-bond acceptors (Lipinski definition) is 4. The van der Waals surface area contributed by atoms with E-state index in [1.807, 2.05) is 0 Å². The van der Waals surface area contributed by atoms with Gasteiger partial charge in [0.05, 0.1) is 13.5 Å². The smallest absolute Gasteiger partial charge is 0.450 e. The monoisotopic (exact) mass is 430 g/mol. The summed E-state index contributed by atoms with van der Waals surface area (Å²) in [7, 11) is 1.53. The minimum absolute atomic E-state index is 0.0133. The van der Waals surface area contributed by atoms with Crippen LogP contribution in [0.3, 0.4) is 0 Å². The molecule has 4 nitrogen and oxygen atoms in total. The number of carbonyl (C=O) groups excluding carboxylic acids is 2. The zero-order valence-electron chi connectivity index (χ0n) is 13.6. The zero-order valence-corrected chi connectivity index (χ0v) is 15.2. The molecule has 2 aromatic carbocycles. The first-order valence-corrected chi connectivity index (χ1v) is 8.18. The Kier molecular flexibility index (Phi) is 6.42. The lowest BCUT2D eigenvalue weighted by Crippen LogP contribution is -2.25. The third kappa shape index (κ3) is 5.32. The van der Waals surface area contributed by atoms with Gasteiger partial charge in [0.15, 0.2) is 5.78 Å². The third-order valence-electron chi connectivity index (χ3n) is 3.46. The first-order valence-electron chi connectivity index (χ1n) is 7.39. The van der Waals surface area contributed by atoms with Gasteiger partial charge in [-0.2, -0.15) is 13.2 Å². The van der Waals surface area contributed by atoms with Crippen molar-refractivity contribution in [2.75, 3.05) is 7.11 Å². The summed E-state index contributed by atoms with van der Waals surface area (Å²) in [6.07, 6.45) is -6.27. The van der Waals surface area contributed by atoms with Crippen LogP contribution in [0, 0.1) is 0 Å². The van der Waals surface area contributed by atoms with Crippen molar-refractivity contribution in [1.29, 1.82) is 0 Å². The van der Waals surface area contributed by atoms with Gasteiger partial charge in [-0.3, -0.25) is 9.59 Å². The van der Waals surface area contributed by atoms with Gasteiger partial charge in [-0.25, -0.2) is 0 Å². The summed E-state index contributed by atoms with van der Waals surface area (Å²) in [6, 6.07) is 11.1. The molecule has 2 rings (SSSR count). The Balaban J connectivity index is 2.16. The average molecular weight is 431 g/mol. The standard InChI is InChI=1S/C18H14BrF3O4/c1-25-13-3-5-14(6-4-13)26-10-11-8-12(19)2-7-15(11)16(23)9-17(24)18(20,21)22/h2-8H,9-10H2,1H3. The maximum absolute atomic E-state index is 12.4. The van der Waals surface area contributed by atoms with Gasteiger partial charge < -0.3 is 9.47 Å². The van der Waals surface area contributed by atoms with Crippen LogP contribution in [0.25, 0.3) is 0 Å². The first kappa shape index (κ1) is 20.0. The summed E-state index contributed by atoms with van der Waals surface area (Å²) in [4.78, 5) is 23.2. The molecule has 0 aliphatic carbocycles. The SMILES string of the molecule is COc1ccc(OCc2cc(Br)ccc2C(=O)CC(=O)C(F)(F)F)cc1. The molecule has 0 fully saturated rings. The maximum Gasteiger partial charge on any atom is 0.450 e. The minimum Gasteiger partial charge on any atom is -0.497 e. The number of hydrogen-bond donors (Lipinski definition) is 0. The number of benzene rings is 2. The molecule has 0 amide bonds. The van der Waals surface area contributed by atoms with Crippen molar-refractivity contribution < 1.29 is 32.2 Å². The number of rotatable bonds is 7. The van der Waals surface area contributed by atoms with Gasteiger partial charge in [0, 0.05) is 15.6 Å². The van der Waals surface area contributed by atoms with Gasteiger partial charge >= 0.3 is 6.18 Å². The quantitative estimate of drug-likeness (QED) is 0.470. The molecule has 0 bridgehead atoms. The topological polar surface area (TPSA) is 52.6 Å². The molecule has 0 aliphatic heterocycles. The summed E-state index contributed by atoms with van der Waals surface area (Å²) in [6.45, 7) is -0.0486. The van der Waals surface area contributed by atoms with Crippen LogP contribution in [0.4, 0.5) is 13.2 Å². The molecular formula is C18H14BrF3O4. The highest BCUT2D eigenvalue weighted by Crippen LogP contribution is 2.24. The number of Topliss-reactive ketones (excluding diaryl/α,β-unsaturated/α-hetero) is 2. The number of methoxy groups -OCH3 is 1. The Hall–Kier alpha value is -2.35. The Morgan fingerprint density at radius 1 is 1.04 bits per heavy atom. The average Bonchev–Trinajstić information content (AvgIpc) is 2.59. The van der Waals surface area contributed by atoms with E-state index in [9.17, 15) is 22.8 Å². The van der Waals surface area contributed by atoms with E-state index in [2.05, 4.69) is 15.9 Å². The fraction of sp³-hybridized carbons (Fsp3) is 0.222. The highest BCUT2D eigenvalue weighted by molar-refractivity contribution is 9.10. The fourth-order valence-corrected chi connectivity index (χ4v) is 2.54. The van der Waals surface area contributed by atoms with Gasteiger partial charge in [-0.15, -0.1) is 0 Å². The van der Waals surface area contributed by atoms with Crippen LogP contribution >= 0.6 is 15.9 Å². The molecular weight excluding hydrogens is 417 g/mol. The van der Waals surface area contributed by atoms with E-state index < -0.39 is 24.2 Å². The van der Waals surface area contributed by atoms with E-state index in [1.54, 1.807) is 30.3 Å². The Morgan fingerprint density at radius 2 is 1.65 bits per heavy atom. The number of alkyl halides is 3. The summed E-state index contributed by atoms with van der Waals surface area (Å²) < 4.78 is 48.4. The molecule has 26 heavy (non-hydrogen) atoms. The van der Waals surface area contributed by atoms with Crippen molar-refractivity contribution >= 4 is 27.5 Å².